The summed E-state index contributed by atoms with van der Waals surface area (Å²) < 4.78 is 0. The van der Waals surface area contributed by atoms with Gasteiger partial charge in [0.1, 0.15) is 0 Å². The highest BCUT2D eigenvalue weighted by Crippen LogP contribution is 2.33. The maximum Gasteiger partial charge on any atom is 0.0118 e. The van der Waals surface area contributed by atoms with Crippen molar-refractivity contribution in [2.75, 3.05) is 7.05 Å². The van der Waals surface area contributed by atoms with Crippen molar-refractivity contribution in [3.8, 4) is 12.3 Å². The second-order valence-electron chi connectivity index (χ2n) is 3.50. The monoisotopic (exact) mass is 151 g/mol. The van der Waals surface area contributed by atoms with Gasteiger partial charge < -0.3 is 5.32 Å². The van der Waals surface area contributed by atoms with Gasteiger partial charge in [-0.2, -0.15) is 0 Å². The van der Waals surface area contributed by atoms with Crippen molar-refractivity contribution >= 4 is 0 Å². The third kappa shape index (κ3) is 1.75. The summed E-state index contributed by atoms with van der Waals surface area (Å²) >= 11 is 0. The molecular formula is C10H17N. The lowest BCUT2D eigenvalue weighted by Crippen LogP contribution is -2.29. The molecule has 0 aromatic rings. The van der Waals surface area contributed by atoms with E-state index in [1.165, 1.54) is 12.8 Å². The van der Waals surface area contributed by atoms with E-state index in [0.29, 0.717) is 6.04 Å². The van der Waals surface area contributed by atoms with Crippen LogP contribution in [-0.2, 0) is 0 Å². The average molecular weight is 151 g/mol. The summed E-state index contributed by atoms with van der Waals surface area (Å²) in [6.07, 6.45) is 8.84. The Bertz CT molecular complexity index is 157. The predicted octanol–water partition coefficient (Wildman–Crippen LogP) is 1.64. The Balaban J connectivity index is 2.43. The molecule has 1 saturated carbocycles. The summed E-state index contributed by atoms with van der Waals surface area (Å²) in [5.41, 5.74) is 0. The fourth-order valence-corrected chi connectivity index (χ4v) is 2.09. The van der Waals surface area contributed by atoms with Gasteiger partial charge in [0.25, 0.3) is 0 Å². The van der Waals surface area contributed by atoms with Crippen LogP contribution in [0.25, 0.3) is 0 Å². The van der Waals surface area contributed by atoms with E-state index in [-0.39, 0.29) is 0 Å². The van der Waals surface area contributed by atoms with Gasteiger partial charge >= 0.3 is 0 Å². The summed E-state index contributed by atoms with van der Waals surface area (Å²) in [5, 5.41) is 3.33. The molecule has 3 unspecified atom stereocenters. The third-order valence-electron chi connectivity index (χ3n) is 2.98. The van der Waals surface area contributed by atoms with Gasteiger partial charge in [0.2, 0.25) is 0 Å². The topological polar surface area (TPSA) is 12.0 Å². The van der Waals surface area contributed by atoms with Crippen LogP contribution in [0.4, 0.5) is 0 Å². The van der Waals surface area contributed by atoms with Gasteiger partial charge in [0.05, 0.1) is 0 Å². The van der Waals surface area contributed by atoms with E-state index in [0.717, 1.165) is 18.3 Å². The van der Waals surface area contributed by atoms with Gasteiger partial charge in [0.15, 0.2) is 0 Å². The Kier molecular flexibility index (Phi) is 2.96. The third-order valence-corrected chi connectivity index (χ3v) is 2.98. The highest BCUT2D eigenvalue weighted by Gasteiger charge is 2.30. The van der Waals surface area contributed by atoms with Gasteiger partial charge in [-0.05, 0) is 31.7 Å². The van der Waals surface area contributed by atoms with Crippen LogP contribution in [0.1, 0.15) is 26.2 Å². The van der Waals surface area contributed by atoms with Crippen molar-refractivity contribution in [3.05, 3.63) is 0 Å². The fraction of sp³-hybridized carbons (Fsp3) is 0.800. The van der Waals surface area contributed by atoms with Crippen molar-refractivity contribution < 1.29 is 0 Å². The minimum atomic E-state index is 0.702. The van der Waals surface area contributed by atoms with Gasteiger partial charge in [-0.15, -0.1) is 12.3 Å². The number of nitrogens with one attached hydrogen (secondary N) is 1. The average Bonchev–Trinajstić information content (AvgIpc) is 2.34. The number of hydrogen-bond acceptors (Lipinski definition) is 1. The van der Waals surface area contributed by atoms with E-state index in [9.17, 15) is 0 Å². The summed E-state index contributed by atoms with van der Waals surface area (Å²) in [6, 6.07) is 0.702. The van der Waals surface area contributed by atoms with Gasteiger partial charge in [-0.3, -0.25) is 0 Å². The van der Waals surface area contributed by atoms with Crippen molar-refractivity contribution in [1.82, 2.24) is 5.32 Å². The predicted molar refractivity (Wildman–Crippen MR) is 48.2 cm³/mol. The molecule has 0 aromatic carbocycles. The highest BCUT2D eigenvalue weighted by molar-refractivity contribution is 4.94. The molecule has 0 aromatic heterocycles. The normalized spacial score (nSPS) is 37.0. The first-order chi connectivity index (χ1) is 5.29. The molecule has 3 atom stereocenters. The molecule has 0 bridgehead atoms. The minimum Gasteiger partial charge on any atom is -0.317 e. The van der Waals surface area contributed by atoms with Gasteiger partial charge in [-0.1, -0.05) is 6.92 Å². The van der Waals surface area contributed by atoms with Crippen LogP contribution in [0.5, 0.6) is 0 Å². The molecule has 1 aliphatic rings. The van der Waals surface area contributed by atoms with Crippen LogP contribution in [0.15, 0.2) is 0 Å². The van der Waals surface area contributed by atoms with E-state index < -0.39 is 0 Å². The Morgan fingerprint density at radius 3 is 2.73 bits per heavy atom. The smallest absolute Gasteiger partial charge is 0.0118 e. The fourth-order valence-electron chi connectivity index (χ4n) is 2.09. The Morgan fingerprint density at radius 1 is 1.55 bits per heavy atom. The molecule has 1 rings (SSSR count). The van der Waals surface area contributed by atoms with Crippen LogP contribution in [0.3, 0.4) is 0 Å². The van der Waals surface area contributed by atoms with E-state index >= 15 is 0 Å². The zero-order valence-corrected chi connectivity index (χ0v) is 7.43. The maximum atomic E-state index is 5.29. The zero-order chi connectivity index (χ0) is 8.27. The molecule has 0 spiro atoms. The van der Waals surface area contributed by atoms with Crippen molar-refractivity contribution in [1.29, 1.82) is 0 Å². The van der Waals surface area contributed by atoms with Crippen LogP contribution in [0.2, 0.25) is 0 Å². The molecule has 0 aliphatic heterocycles. The van der Waals surface area contributed by atoms with E-state index in [4.69, 9.17) is 6.42 Å². The number of rotatable bonds is 2. The standard InChI is InChI=1S/C10H17N/c1-4-5-9-6-7-10(11-3)8(9)2/h1,8-11H,5-7H2,2-3H3. The molecule has 62 valence electrons. The van der Waals surface area contributed by atoms with Crippen molar-refractivity contribution in [2.24, 2.45) is 11.8 Å². The molecule has 0 radical (unpaired) electrons. The summed E-state index contributed by atoms with van der Waals surface area (Å²) in [7, 11) is 2.04. The molecular weight excluding hydrogens is 134 g/mol. The van der Waals surface area contributed by atoms with E-state index in [1.54, 1.807) is 0 Å². The first-order valence-electron chi connectivity index (χ1n) is 4.40. The summed E-state index contributed by atoms with van der Waals surface area (Å²) in [5.74, 6) is 4.28. The van der Waals surface area contributed by atoms with Crippen molar-refractivity contribution in [2.45, 2.75) is 32.2 Å². The molecule has 1 fully saturated rings. The van der Waals surface area contributed by atoms with Crippen LogP contribution < -0.4 is 5.32 Å². The van der Waals surface area contributed by atoms with E-state index in [1.807, 2.05) is 7.05 Å². The lowest BCUT2D eigenvalue weighted by atomic mass is 9.93. The second kappa shape index (κ2) is 3.78. The van der Waals surface area contributed by atoms with Crippen LogP contribution >= 0.6 is 0 Å². The second-order valence-corrected chi connectivity index (χ2v) is 3.50. The van der Waals surface area contributed by atoms with Crippen LogP contribution in [0, 0.1) is 24.2 Å². The SMILES string of the molecule is C#CCC1CCC(NC)C1C. The largest absolute Gasteiger partial charge is 0.317 e. The lowest BCUT2D eigenvalue weighted by molar-refractivity contribution is 0.371. The van der Waals surface area contributed by atoms with Gasteiger partial charge in [-0.25, -0.2) is 0 Å². The molecule has 1 heteroatoms. The summed E-state index contributed by atoms with van der Waals surface area (Å²) in [4.78, 5) is 0. The van der Waals surface area contributed by atoms with Crippen LogP contribution in [-0.4, -0.2) is 13.1 Å². The molecule has 11 heavy (non-hydrogen) atoms. The molecule has 0 heterocycles. The lowest BCUT2D eigenvalue weighted by Gasteiger charge is -2.18. The highest BCUT2D eigenvalue weighted by atomic mass is 14.9. The van der Waals surface area contributed by atoms with Gasteiger partial charge in [0, 0.05) is 12.5 Å². The number of hydrogen-bond donors (Lipinski definition) is 1. The Hall–Kier alpha value is -0.480. The molecule has 1 N–H and O–H groups in total. The zero-order valence-electron chi connectivity index (χ0n) is 7.43. The minimum absolute atomic E-state index is 0.702. The maximum absolute atomic E-state index is 5.29. The molecule has 0 amide bonds. The number of terminal acetylenes is 1. The van der Waals surface area contributed by atoms with E-state index in [2.05, 4.69) is 18.2 Å². The quantitative estimate of drug-likeness (QED) is 0.592. The first-order valence-corrected chi connectivity index (χ1v) is 4.40. The Morgan fingerprint density at radius 2 is 2.27 bits per heavy atom. The molecule has 1 nitrogen and oxygen atoms in total. The van der Waals surface area contributed by atoms with Crippen molar-refractivity contribution in [3.63, 3.8) is 0 Å². The molecule has 0 saturated heterocycles. The molecule has 1 aliphatic carbocycles. The first kappa shape index (κ1) is 8.62. The Labute approximate surface area is 69.6 Å². The summed E-state index contributed by atoms with van der Waals surface area (Å²) in [6.45, 7) is 2.30.